The van der Waals surface area contributed by atoms with Gasteiger partial charge in [0.1, 0.15) is 5.69 Å². The molecule has 2 aromatic rings. The highest BCUT2D eigenvalue weighted by molar-refractivity contribution is 7.88. The lowest BCUT2D eigenvalue weighted by molar-refractivity contribution is 0.0758. The second-order valence-electron chi connectivity index (χ2n) is 6.65. The Bertz CT molecular complexity index is 973. The van der Waals surface area contributed by atoms with Gasteiger partial charge in [-0.15, -0.1) is 0 Å². The van der Waals surface area contributed by atoms with Gasteiger partial charge in [0.15, 0.2) is 5.82 Å². The Morgan fingerprint density at radius 1 is 1.15 bits per heavy atom. The molecule has 0 atom stereocenters. The van der Waals surface area contributed by atoms with Gasteiger partial charge < -0.3 is 4.90 Å². The molecule has 0 unspecified atom stereocenters. The number of pyridine rings is 1. The Balaban J connectivity index is 1.86. The van der Waals surface area contributed by atoms with E-state index in [4.69, 9.17) is 11.6 Å². The summed E-state index contributed by atoms with van der Waals surface area (Å²) in [5, 5.41) is 4.65. The Morgan fingerprint density at radius 2 is 1.89 bits per heavy atom. The predicted octanol–water partition coefficient (Wildman–Crippen LogP) is 1.65. The van der Waals surface area contributed by atoms with E-state index in [1.54, 1.807) is 21.7 Å². The first-order valence-corrected chi connectivity index (χ1v) is 10.8. The van der Waals surface area contributed by atoms with Crippen LogP contribution in [-0.2, 0) is 10.0 Å². The highest BCUT2D eigenvalue weighted by atomic mass is 35.5. The van der Waals surface area contributed by atoms with E-state index in [1.807, 2.05) is 19.9 Å². The molecule has 0 saturated carbocycles. The average molecular weight is 412 g/mol. The van der Waals surface area contributed by atoms with Crippen LogP contribution in [0, 0.1) is 13.8 Å². The lowest BCUT2D eigenvalue weighted by Gasteiger charge is -2.21. The molecule has 1 amide bonds. The third kappa shape index (κ3) is 4.31. The number of hydrogen-bond acceptors (Lipinski definition) is 5. The molecule has 0 aromatic carbocycles. The fourth-order valence-corrected chi connectivity index (χ4v) is 4.20. The summed E-state index contributed by atoms with van der Waals surface area (Å²) in [7, 11) is -3.27. The van der Waals surface area contributed by atoms with Crippen LogP contribution >= 0.6 is 11.6 Å². The van der Waals surface area contributed by atoms with Gasteiger partial charge in [-0.2, -0.15) is 5.10 Å². The molecule has 0 radical (unpaired) electrons. The number of nitrogens with zero attached hydrogens (tertiary/aromatic N) is 5. The molecule has 3 rings (SSSR count). The van der Waals surface area contributed by atoms with E-state index in [0.29, 0.717) is 31.9 Å². The molecular weight excluding hydrogens is 390 g/mol. The smallest absolute Gasteiger partial charge is 0.274 e. The molecule has 10 heteroatoms. The van der Waals surface area contributed by atoms with E-state index in [-0.39, 0.29) is 23.2 Å². The summed E-state index contributed by atoms with van der Waals surface area (Å²) in [6, 6.07) is 5.27. The van der Waals surface area contributed by atoms with E-state index in [2.05, 4.69) is 10.1 Å². The molecule has 2 aromatic heterocycles. The molecule has 0 aliphatic carbocycles. The maximum absolute atomic E-state index is 13.0. The van der Waals surface area contributed by atoms with Gasteiger partial charge in [0.2, 0.25) is 10.0 Å². The highest BCUT2D eigenvalue weighted by Gasteiger charge is 2.26. The summed E-state index contributed by atoms with van der Waals surface area (Å²) < 4.78 is 26.6. The summed E-state index contributed by atoms with van der Waals surface area (Å²) in [5.74, 6) is 0.208. The number of carbonyl (C=O) groups is 1. The van der Waals surface area contributed by atoms with Gasteiger partial charge in [0.05, 0.1) is 17.0 Å². The summed E-state index contributed by atoms with van der Waals surface area (Å²) in [6.07, 6.45) is 1.74. The van der Waals surface area contributed by atoms with Crippen LogP contribution in [0.5, 0.6) is 0 Å². The van der Waals surface area contributed by atoms with E-state index >= 15 is 0 Å². The largest absolute Gasteiger partial charge is 0.336 e. The second-order valence-corrected chi connectivity index (χ2v) is 9.04. The summed E-state index contributed by atoms with van der Waals surface area (Å²) in [5.41, 5.74) is 1.90. The minimum Gasteiger partial charge on any atom is -0.336 e. The lowest BCUT2D eigenvalue weighted by Crippen LogP contribution is -2.37. The normalized spacial score (nSPS) is 16.4. The molecule has 0 bridgehead atoms. The zero-order chi connectivity index (χ0) is 19.8. The Labute approximate surface area is 163 Å². The number of aryl methyl sites for hydroxylation is 2. The summed E-state index contributed by atoms with van der Waals surface area (Å²) >= 11 is 6.24. The van der Waals surface area contributed by atoms with Crippen molar-refractivity contribution >= 4 is 27.5 Å². The third-order valence-electron chi connectivity index (χ3n) is 4.47. The molecule has 146 valence electrons. The zero-order valence-electron chi connectivity index (χ0n) is 15.5. The van der Waals surface area contributed by atoms with Crippen molar-refractivity contribution in [3.63, 3.8) is 0 Å². The minimum atomic E-state index is -3.27. The Kier molecular flexibility index (Phi) is 5.55. The lowest BCUT2D eigenvalue weighted by atomic mass is 10.3. The second kappa shape index (κ2) is 7.57. The minimum absolute atomic E-state index is 0.148. The van der Waals surface area contributed by atoms with Crippen LogP contribution in [-0.4, -0.2) is 70.7 Å². The van der Waals surface area contributed by atoms with E-state index in [1.165, 1.54) is 10.6 Å². The maximum atomic E-state index is 13.0. The van der Waals surface area contributed by atoms with Crippen LogP contribution in [0.2, 0.25) is 5.02 Å². The van der Waals surface area contributed by atoms with E-state index < -0.39 is 10.0 Å². The van der Waals surface area contributed by atoms with E-state index in [9.17, 15) is 13.2 Å². The van der Waals surface area contributed by atoms with Gasteiger partial charge in [-0.05, 0) is 38.5 Å². The molecule has 1 aliphatic heterocycles. The van der Waals surface area contributed by atoms with Gasteiger partial charge in [-0.1, -0.05) is 11.6 Å². The van der Waals surface area contributed by atoms with Gasteiger partial charge in [-0.25, -0.2) is 22.4 Å². The number of aromatic nitrogens is 3. The predicted molar refractivity (Wildman–Crippen MR) is 103 cm³/mol. The van der Waals surface area contributed by atoms with Gasteiger partial charge >= 0.3 is 0 Å². The summed E-state index contributed by atoms with van der Waals surface area (Å²) in [4.78, 5) is 19.0. The molecule has 8 nitrogen and oxygen atoms in total. The standard InChI is InChI=1S/C17H22ClN5O3S/c1-12-11-13(2)23(20-12)15-6-5-14(18)16(19-15)17(24)21-7-4-8-22(10-9-21)27(3,25)26/h5-6,11H,4,7-10H2,1-3H3. The van der Waals surface area contributed by atoms with Crippen LogP contribution in [0.1, 0.15) is 28.3 Å². The fraction of sp³-hybridized carbons (Fsp3) is 0.471. The van der Waals surface area contributed by atoms with E-state index in [0.717, 1.165) is 11.4 Å². The van der Waals surface area contributed by atoms with Crippen molar-refractivity contribution in [2.24, 2.45) is 0 Å². The quantitative estimate of drug-likeness (QED) is 0.766. The summed E-state index contributed by atoms with van der Waals surface area (Å²) in [6.45, 7) is 5.21. The number of sulfonamides is 1. The van der Waals surface area contributed by atoms with Crippen molar-refractivity contribution in [3.05, 3.63) is 40.3 Å². The molecule has 3 heterocycles. The SMILES string of the molecule is Cc1cc(C)n(-c2ccc(Cl)c(C(=O)N3CCCN(S(C)(=O)=O)CC3)n2)n1. The van der Waals surface area contributed by atoms with Crippen molar-refractivity contribution in [3.8, 4) is 5.82 Å². The van der Waals surface area contributed by atoms with Gasteiger partial charge in [-0.3, -0.25) is 4.79 Å². The van der Waals surface area contributed by atoms with Gasteiger partial charge in [0, 0.05) is 31.9 Å². The average Bonchev–Trinajstić information content (AvgIpc) is 2.80. The first kappa shape index (κ1) is 19.8. The zero-order valence-corrected chi connectivity index (χ0v) is 17.1. The van der Waals surface area contributed by atoms with Crippen molar-refractivity contribution in [2.45, 2.75) is 20.3 Å². The monoisotopic (exact) mass is 411 g/mol. The van der Waals surface area contributed by atoms with Crippen LogP contribution in [0.15, 0.2) is 18.2 Å². The first-order chi connectivity index (χ1) is 12.7. The topological polar surface area (TPSA) is 88.4 Å². The molecule has 27 heavy (non-hydrogen) atoms. The molecule has 1 aliphatic rings. The molecule has 0 spiro atoms. The van der Waals surface area contributed by atoms with Crippen LogP contribution in [0.4, 0.5) is 0 Å². The number of carbonyl (C=O) groups excluding carboxylic acids is 1. The Morgan fingerprint density at radius 3 is 2.52 bits per heavy atom. The van der Waals surface area contributed by atoms with Crippen LogP contribution in [0.25, 0.3) is 5.82 Å². The molecule has 1 fully saturated rings. The van der Waals surface area contributed by atoms with Crippen molar-refractivity contribution in [1.29, 1.82) is 0 Å². The number of amides is 1. The molecule has 1 saturated heterocycles. The molecule has 0 N–H and O–H groups in total. The fourth-order valence-electron chi connectivity index (χ4n) is 3.14. The van der Waals surface area contributed by atoms with Crippen molar-refractivity contribution in [1.82, 2.24) is 24.0 Å². The van der Waals surface area contributed by atoms with Crippen molar-refractivity contribution in [2.75, 3.05) is 32.4 Å². The first-order valence-electron chi connectivity index (χ1n) is 8.61. The maximum Gasteiger partial charge on any atom is 0.274 e. The Hall–Kier alpha value is -1.97. The van der Waals surface area contributed by atoms with Crippen molar-refractivity contribution < 1.29 is 13.2 Å². The number of halogens is 1. The molecular formula is C17H22ClN5O3S. The number of hydrogen-bond donors (Lipinski definition) is 0. The van der Waals surface area contributed by atoms with Gasteiger partial charge in [0.25, 0.3) is 5.91 Å². The van der Waals surface area contributed by atoms with Crippen LogP contribution < -0.4 is 0 Å². The van der Waals surface area contributed by atoms with Crippen LogP contribution in [0.3, 0.4) is 0 Å². The third-order valence-corrected chi connectivity index (χ3v) is 6.08. The highest BCUT2D eigenvalue weighted by Crippen LogP contribution is 2.20. The number of rotatable bonds is 3.